The Bertz CT molecular complexity index is 1130. The van der Waals surface area contributed by atoms with Crippen molar-refractivity contribution >= 4 is 45.3 Å². The summed E-state index contributed by atoms with van der Waals surface area (Å²) in [6.07, 6.45) is 1.73. The van der Waals surface area contributed by atoms with Crippen molar-refractivity contribution < 1.29 is 33.8 Å². The lowest BCUT2D eigenvalue weighted by molar-refractivity contribution is -0.135. The Morgan fingerprint density at radius 2 is 1.76 bits per heavy atom. The molecule has 3 rings (SSSR count). The molecular weight excluding hydrogens is 508 g/mol. The van der Waals surface area contributed by atoms with Crippen molar-refractivity contribution in [2.75, 3.05) is 25.7 Å². The minimum absolute atomic E-state index is 0.0795. The summed E-state index contributed by atoms with van der Waals surface area (Å²) in [4.78, 5) is 52.0. The molecule has 1 saturated heterocycles. The van der Waals surface area contributed by atoms with Gasteiger partial charge in [-0.1, -0.05) is 22.0 Å². The monoisotopic (exact) mass is 530 g/mol. The predicted octanol–water partition coefficient (Wildman–Crippen LogP) is 2.81. The number of imide groups is 1. The summed E-state index contributed by atoms with van der Waals surface area (Å²) in [5.74, 6) is -1.90. The van der Waals surface area contributed by atoms with Crippen LogP contribution < -0.4 is 14.4 Å². The van der Waals surface area contributed by atoms with E-state index in [1.54, 1.807) is 42.5 Å². The molecule has 0 radical (unpaired) electrons. The number of halogens is 1. The van der Waals surface area contributed by atoms with Gasteiger partial charge in [0, 0.05) is 23.2 Å². The SMILES string of the molecule is COc1ccc(CCN(C(=O)C=CC(=O)O)C2CC(=O)N(c3ccc(Br)cc3)C2=O)cc1OC. The number of amides is 3. The first kappa shape index (κ1) is 25.0. The molecule has 1 aliphatic heterocycles. The van der Waals surface area contributed by atoms with Crippen LogP contribution in [0.1, 0.15) is 12.0 Å². The van der Waals surface area contributed by atoms with E-state index in [-0.39, 0.29) is 13.0 Å². The fraction of sp³-hybridized carbons (Fsp3) is 0.250. The second kappa shape index (κ2) is 11.0. The highest BCUT2D eigenvalue weighted by Gasteiger charge is 2.43. The topological polar surface area (TPSA) is 113 Å². The van der Waals surface area contributed by atoms with E-state index in [9.17, 15) is 19.2 Å². The Kier molecular flexibility index (Phi) is 8.06. The van der Waals surface area contributed by atoms with Crippen molar-refractivity contribution in [2.45, 2.75) is 18.9 Å². The van der Waals surface area contributed by atoms with E-state index in [0.717, 1.165) is 21.0 Å². The van der Waals surface area contributed by atoms with Crippen molar-refractivity contribution in [2.24, 2.45) is 0 Å². The van der Waals surface area contributed by atoms with Gasteiger partial charge in [-0.25, -0.2) is 9.69 Å². The molecule has 1 unspecified atom stereocenters. The van der Waals surface area contributed by atoms with Crippen LogP contribution in [0.2, 0.25) is 0 Å². The molecule has 9 nitrogen and oxygen atoms in total. The number of anilines is 1. The summed E-state index contributed by atoms with van der Waals surface area (Å²) in [7, 11) is 3.03. The van der Waals surface area contributed by atoms with Crippen LogP contribution >= 0.6 is 15.9 Å². The van der Waals surface area contributed by atoms with E-state index in [1.165, 1.54) is 19.1 Å². The summed E-state index contributed by atoms with van der Waals surface area (Å²) in [5, 5.41) is 8.92. The van der Waals surface area contributed by atoms with E-state index < -0.39 is 29.7 Å². The smallest absolute Gasteiger partial charge is 0.328 e. The lowest BCUT2D eigenvalue weighted by Crippen LogP contribution is -2.46. The van der Waals surface area contributed by atoms with Crippen molar-refractivity contribution in [1.82, 2.24) is 4.90 Å². The minimum Gasteiger partial charge on any atom is -0.493 e. The van der Waals surface area contributed by atoms with Crippen LogP contribution in [-0.4, -0.2) is 60.5 Å². The number of rotatable bonds is 9. The van der Waals surface area contributed by atoms with E-state index in [0.29, 0.717) is 29.7 Å². The van der Waals surface area contributed by atoms with Crippen LogP contribution in [0.4, 0.5) is 5.69 Å². The number of nitrogens with zero attached hydrogens (tertiary/aromatic N) is 2. The molecule has 1 atom stereocenters. The Labute approximate surface area is 204 Å². The Morgan fingerprint density at radius 3 is 2.38 bits per heavy atom. The molecule has 10 heteroatoms. The zero-order valence-electron chi connectivity index (χ0n) is 18.6. The molecule has 0 aliphatic carbocycles. The fourth-order valence-electron chi connectivity index (χ4n) is 3.66. The molecule has 0 bridgehead atoms. The third kappa shape index (κ3) is 5.63. The van der Waals surface area contributed by atoms with Gasteiger partial charge in [0.2, 0.25) is 11.8 Å². The normalized spacial score (nSPS) is 15.6. The number of ether oxygens (including phenoxy) is 2. The maximum atomic E-state index is 13.2. The standard InChI is InChI=1S/C24H23BrN2O7/c1-33-19-8-3-15(13-20(19)34-2)11-12-26(21(28)9-10-23(30)31)18-14-22(29)27(24(18)32)17-6-4-16(25)5-7-17/h3-10,13,18H,11-12,14H2,1-2H3,(H,30,31). The summed E-state index contributed by atoms with van der Waals surface area (Å²) in [6, 6.07) is 10.9. The van der Waals surface area contributed by atoms with Crippen LogP contribution in [0.25, 0.3) is 0 Å². The van der Waals surface area contributed by atoms with Gasteiger partial charge in [0.05, 0.1) is 26.3 Å². The van der Waals surface area contributed by atoms with Crippen LogP contribution in [0.3, 0.4) is 0 Å². The molecule has 178 valence electrons. The Balaban J connectivity index is 1.86. The molecule has 2 aromatic rings. The number of carbonyl (C=O) groups is 4. The molecule has 34 heavy (non-hydrogen) atoms. The molecule has 0 saturated carbocycles. The predicted molar refractivity (Wildman–Crippen MR) is 127 cm³/mol. The number of hydrogen-bond acceptors (Lipinski definition) is 6. The highest BCUT2D eigenvalue weighted by atomic mass is 79.9. The van der Waals surface area contributed by atoms with Gasteiger partial charge in [-0.3, -0.25) is 14.4 Å². The molecule has 1 fully saturated rings. The van der Waals surface area contributed by atoms with E-state index in [1.807, 2.05) is 0 Å². The summed E-state index contributed by atoms with van der Waals surface area (Å²) < 4.78 is 11.3. The number of aliphatic carboxylic acids is 1. The van der Waals surface area contributed by atoms with Crippen molar-refractivity contribution in [3.05, 3.63) is 64.7 Å². The first-order chi connectivity index (χ1) is 16.2. The summed E-state index contributed by atoms with van der Waals surface area (Å²) in [6.45, 7) is 0.0795. The molecule has 1 aliphatic rings. The zero-order valence-corrected chi connectivity index (χ0v) is 20.1. The zero-order chi connectivity index (χ0) is 24.8. The van der Waals surface area contributed by atoms with Crippen LogP contribution in [0.15, 0.2) is 59.1 Å². The van der Waals surface area contributed by atoms with Crippen molar-refractivity contribution in [3.63, 3.8) is 0 Å². The highest BCUT2D eigenvalue weighted by molar-refractivity contribution is 9.10. The Morgan fingerprint density at radius 1 is 1.09 bits per heavy atom. The Hall–Kier alpha value is -3.66. The van der Waals surface area contributed by atoms with Gasteiger partial charge in [-0.05, 0) is 48.4 Å². The second-order valence-electron chi connectivity index (χ2n) is 7.41. The number of methoxy groups -OCH3 is 2. The third-order valence-corrected chi connectivity index (χ3v) is 5.85. The van der Waals surface area contributed by atoms with Gasteiger partial charge in [0.15, 0.2) is 11.5 Å². The lowest BCUT2D eigenvalue weighted by atomic mass is 10.1. The molecule has 0 aromatic heterocycles. The maximum Gasteiger partial charge on any atom is 0.328 e. The van der Waals surface area contributed by atoms with Gasteiger partial charge in [-0.15, -0.1) is 0 Å². The van der Waals surface area contributed by atoms with Crippen LogP contribution in [0.5, 0.6) is 11.5 Å². The van der Waals surface area contributed by atoms with Gasteiger partial charge >= 0.3 is 5.97 Å². The van der Waals surface area contributed by atoms with Crippen molar-refractivity contribution in [1.29, 1.82) is 0 Å². The number of carbonyl (C=O) groups excluding carboxylic acids is 3. The first-order valence-corrected chi connectivity index (χ1v) is 11.1. The third-order valence-electron chi connectivity index (χ3n) is 5.32. The average Bonchev–Trinajstić information content (AvgIpc) is 3.11. The largest absolute Gasteiger partial charge is 0.493 e. The van der Waals surface area contributed by atoms with Crippen LogP contribution in [-0.2, 0) is 25.6 Å². The second-order valence-corrected chi connectivity index (χ2v) is 8.32. The van der Waals surface area contributed by atoms with Gasteiger partial charge < -0.3 is 19.5 Å². The number of carboxylic acid groups (broad SMARTS) is 1. The molecule has 1 heterocycles. The summed E-state index contributed by atoms with van der Waals surface area (Å²) in [5.41, 5.74) is 1.20. The van der Waals surface area contributed by atoms with E-state index in [4.69, 9.17) is 14.6 Å². The lowest BCUT2D eigenvalue weighted by Gasteiger charge is -2.26. The van der Waals surface area contributed by atoms with Gasteiger partial charge in [-0.2, -0.15) is 0 Å². The van der Waals surface area contributed by atoms with Crippen molar-refractivity contribution in [3.8, 4) is 11.5 Å². The highest BCUT2D eigenvalue weighted by Crippen LogP contribution is 2.29. The number of hydrogen-bond donors (Lipinski definition) is 1. The number of carboxylic acids is 1. The first-order valence-electron chi connectivity index (χ1n) is 10.3. The molecule has 1 N–H and O–H groups in total. The maximum absolute atomic E-state index is 13.2. The van der Waals surface area contributed by atoms with Gasteiger partial charge in [0.25, 0.3) is 5.91 Å². The fourth-order valence-corrected chi connectivity index (χ4v) is 3.93. The quantitative estimate of drug-likeness (QED) is 0.391. The van der Waals surface area contributed by atoms with E-state index >= 15 is 0 Å². The van der Waals surface area contributed by atoms with E-state index in [2.05, 4.69) is 15.9 Å². The number of benzene rings is 2. The van der Waals surface area contributed by atoms with Crippen LogP contribution in [0, 0.1) is 0 Å². The average molecular weight is 531 g/mol. The minimum atomic E-state index is -1.29. The molecule has 0 spiro atoms. The van der Waals surface area contributed by atoms with Gasteiger partial charge in [0.1, 0.15) is 6.04 Å². The molecule has 3 amide bonds. The molecule has 2 aromatic carbocycles. The summed E-state index contributed by atoms with van der Waals surface area (Å²) >= 11 is 3.32. The molecular formula is C24H23BrN2O7.